The van der Waals surface area contributed by atoms with Crippen molar-refractivity contribution in [3.63, 3.8) is 0 Å². The maximum absolute atomic E-state index is 10.5. The summed E-state index contributed by atoms with van der Waals surface area (Å²) in [4.78, 5) is 14.8. The van der Waals surface area contributed by atoms with Crippen LogP contribution in [-0.2, 0) is 11.2 Å². The van der Waals surface area contributed by atoms with Crippen molar-refractivity contribution in [2.75, 3.05) is 5.32 Å². The predicted octanol–water partition coefficient (Wildman–Crippen LogP) is 3.08. The number of aromatic nitrogens is 1. The van der Waals surface area contributed by atoms with Gasteiger partial charge in [-0.1, -0.05) is 32.3 Å². The third kappa shape index (κ3) is 4.01. The molecule has 0 unspecified atom stereocenters. The number of hydrogen-bond donors (Lipinski definition) is 1. The summed E-state index contributed by atoms with van der Waals surface area (Å²) in [6, 6.07) is 4.05. The summed E-state index contributed by atoms with van der Waals surface area (Å²) >= 11 is 0. The molecule has 88 valence electrons. The molecule has 0 bridgehead atoms. The molecule has 0 atom stereocenters. The molecule has 1 aromatic rings. The van der Waals surface area contributed by atoms with E-state index in [1.165, 1.54) is 19.3 Å². The first kappa shape index (κ1) is 12.7. The second kappa shape index (κ2) is 6.99. The van der Waals surface area contributed by atoms with Gasteiger partial charge in [-0.15, -0.1) is 0 Å². The number of carbonyl (C=O) groups excluding carboxylic acids is 1. The second-order valence-corrected chi connectivity index (χ2v) is 4.03. The first-order valence-corrected chi connectivity index (χ1v) is 5.94. The number of amides is 1. The number of pyridine rings is 1. The number of nitrogens with one attached hydrogen (secondary N) is 1. The van der Waals surface area contributed by atoms with Gasteiger partial charge in [0.2, 0.25) is 6.41 Å². The Morgan fingerprint density at radius 1 is 1.31 bits per heavy atom. The predicted molar refractivity (Wildman–Crippen MR) is 66.5 cm³/mol. The molecule has 1 N–H and O–H groups in total. The Bertz CT molecular complexity index is 337. The highest BCUT2D eigenvalue weighted by molar-refractivity contribution is 5.70. The molecule has 0 spiro atoms. The van der Waals surface area contributed by atoms with Crippen LogP contribution in [0.15, 0.2) is 12.1 Å². The summed E-state index contributed by atoms with van der Waals surface area (Å²) in [5, 5.41) is 2.67. The van der Waals surface area contributed by atoms with Gasteiger partial charge in [0, 0.05) is 5.69 Å². The van der Waals surface area contributed by atoms with Crippen LogP contribution in [0.2, 0.25) is 0 Å². The van der Waals surface area contributed by atoms with Crippen LogP contribution in [-0.4, -0.2) is 11.4 Å². The van der Waals surface area contributed by atoms with Crippen LogP contribution in [0.3, 0.4) is 0 Å². The molecule has 16 heavy (non-hydrogen) atoms. The average Bonchev–Trinajstić information content (AvgIpc) is 2.27. The van der Waals surface area contributed by atoms with E-state index in [1.54, 1.807) is 0 Å². The summed E-state index contributed by atoms with van der Waals surface area (Å²) in [6.45, 7) is 4.13. The van der Waals surface area contributed by atoms with E-state index in [4.69, 9.17) is 0 Å². The monoisotopic (exact) mass is 220 g/mol. The lowest BCUT2D eigenvalue weighted by molar-refractivity contribution is -0.105. The molecule has 0 saturated carbocycles. The molecule has 0 fully saturated rings. The molecule has 1 aromatic heterocycles. The number of carbonyl (C=O) groups is 1. The molecule has 1 heterocycles. The molecular weight excluding hydrogens is 200 g/mol. The number of nitrogens with zero attached hydrogens (tertiary/aromatic N) is 1. The van der Waals surface area contributed by atoms with Gasteiger partial charge < -0.3 is 5.32 Å². The normalized spacial score (nSPS) is 10.1. The first-order valence-electron chi connectivity index (χ1n) is 5.94. The fraction of sp³-hybridized carbons (Fsp3) is 0.538. The Labute approximate surface area is 97.3 Å². The lowest BCUT2D eigenvalue weighted by atomic mass is 10.1. The highest BCUT2D eigenvalue weighted by Gasteiger charge is 2.03. The minimum atomic E-state index is 0.692. The van der Waals surface area contributed by atoms with Crippen molar-refractivity contribution in [1.82, 2.24) is 4.98 Å². The number of anilines is 1. The Morgan fingerprint density at radius 3 is 2.81 bits per heavy atom. The molecule has 1 amide bonds. The fourth-order valence-electron chi connectivity index (χ4n) is 1.71. The number of unbranched alkanes of at least 4 members (excludes halogenated alkanes) is 3. The molecule has 0 aliphatic rings. The van der Waals surface area contributed by atoms with E-state index in [1.807, 2.05) is 13.0 Å². The molecule has 1 rings (SSSR count). The van der Waals surface area contributed by atoms with Gasteiger partial charge in [0.15, 0.2) is 0 Å². The fourth-order valence-corrected chi connectivity index (χ4v) is 1.71. The van der Waals surface area contributed by atoms with E-state index in [2.05, 4.69) is 23.3 Å². The molecule has 3 heteroatoms. The number of aryl methyl sites for hydroxylation is 2. The van der Waals surface area contributed by atoms with E-state index in [0.717, 1.165) is 24.1 Å². The SMILES string of the molecule is CCCCCCc1ccc(C)nc1NC=O. The van der Waals surface area contributed by atoms with E-state index < -0.39 is 0 Å². The second-order valence-electron chi connectivity index (χ2n) is 4.03. The van der Waals surface area contributed by atoms with Crippen LogP contribution in [0.5, 0.6) is 0 Å². The summed E-state index contributed by atoms with van der Waals surface area (Å²) < 4.78 is 0. The lowest BCUT2D eigenvalue weighted by Crippen LogP contribution is -2.03. The van der Waals surface area contributed by atoms with Crippen LogP contribution >= 0.6 is 0 Å². The number of rotatable bonds is 7. The zero-order valence-corrected chi connectivity index (χ0v) is 10.1. The van der Waals surface area contributed by atoms with Crippen LogP contribution in [0, 0.1) is 6.92 Å². The van der Waals surface area contributed by atoms with Crippen molar-refractivity contribution < 1.29 is 4.79 Å². The highest BCUT2D eigenvalue weighted by Crippen LogP contribution is 2.16. The quantitative estimate of drug-likeness (QED) is 0.566. The topological polar surface area (TPSA) is 42.0 Å². The third-order valence-corrected chi connectivity index (χ3v) is 2.61. The zero-order chi connectivity index (χ0) is 11.8. The van der Waals surface area contributed by atoms with E-state index in [-0.39, 0.29) is 0 Å². The summed E-state index contributed by atoms with van der Waals surface area (Å²) in [6.07, 6.45) is 6.60. The minimum Gasteiger partial charge on any atom is -0.313 e. The van der Waals surface area contributed by atoms with Crippen LogP contribution in [0.1, 0.15) is 43.9 Å². The van der Waals surface area contributed by atoms with Crippen molar-refractivity contribution in [3.8, 4) is 0 Å². The molecule has 3 nitrogen and oxygen atoms in total. The van der Waals surface area contributed by atoms with Crippen molar-refractivity contribution in [2.24, 2.45) is 0 Å². The van der Waals surface area contributed by atoms with Crippen molar-refractivity contribution in [2.45, 2.75) is 46.0 Å². The van der Waals surface area contributed by atoms with Gasteiger partial charge in [-0.3, -0.25) is 4.79 Å². The Kier molecular flexibility index (Phi) is 5.54. The molecule has 0 saturated heterocycles. The van der Waals surface area contributed by atoms with Gasteiger partial charge >= 0.3 is 0 Å². The smallest absolute Gasteiger partial charge is 0.212 e. The third-order valence-electron chi connectivity index (χ3n) is 2.61. The average molecular weight is 220 g/mol. The zero-order valence-electron chi connectivity index (χ0n) is 10.1. The van der Waals surface area contributed by atoms with Gasteiger partial charge in [-0.05, 0) is 31.4 Å². The Morgan fingerprint density at radius 2 is 2.12 bits per heavy atom. The lowest BCUT2D eigenvalue weighted by Gasteiger charge is -2.08. The standard InChI is InChI=1S/C13H20N2O/c1-3-4-5-6-7-12-9-8-11(2)15-13(12)14-10-16/h8-10H,3-7H2,1-2H3,(H,14,15,16). The Balaban J connectivity index is 2.59. The summed E-state index contributed by atoms with van der Waals surface area (Å²) in [7, 11) is 0. The minimum absolute atomic E-state index is 0.692. The maximum Gasteiger partial charge on any atom is 0.212 e. The van der Waals surface area contributed by atoms with Crippen molar-refractivity contribution in [3.05, 3.63) is 23.4 Å². The van der Waals surface area contributed by atoms with Gasteiger partial charge in [0.05, 0.1) is 0 Å². The van der Waals surface area contributed by atoms with Crippen molar-refractivity contribution >= 4 is 12.2 Å². The summed E-state index contributed by atoms with van der Waals surface area (Å²) in [5.41, 5.74) is 2.07. The van der Waals surface area contributed by atoms with Gasteiger partial charge in [0.25, 0.3) is 0 Å². The maximum atomic E-state index is 10.5. The van der Waals surface area contributed by atoms with E-state index in [9.17, 15) is 4.79 Å². The largest absolute Gasteiger partial charge is 0.313 e. The van der Waals surface area contributed by atoms with Crippen LogP contribution < -0.4 is 5.32 Å². The van der Waals surface area contributed by atoms with Crippen molar-refractivity contribution in [1.29, 1.82) is 0 Å². The van der Waals surface area contributed by atoms with Crippen LogP contribution in [0.25, 0.3) is 0 Å². The van der Waals surface area contributed by atoms with Gasteiger partial charge in [-0.2, -0.15) is 0 Å². The molecule has 0 aliphatic heterocycles. The van der Waals surface area contributed by atoms with Gasteiger partial charge in [0.1, 0.15) is 5.82 Å². The molecular formula is C13H20N2O. The molecule has 0 radical (unpaired) electrons. The number of hydrogen-bond acceptors (Lipinski definition) is 2. The molecule has 0 aromatic carbocycles. The highest BCUT2D eigenvalue weighted by atomic mass is 16.1. The van der Waals surface area contributed by atoms with Crippen LogP contribution in [0.4, 0.5) is 5.82 Å². The molecule has 0 aliphatic carbocycles. The van der Waals surface area contributed by atoms with Gasteiger partial charge in [-0.25, -0.2) is 4.98 Å². The first-order chi connectivity index (χ1) is 7.77. The van der Waals surface area contributed by atoms with E-state index in [0.29, 0.717) is 12.2 Å². The Hall–Kier alpha value is -1.38. The summed E-state index contributed by atoms with van der Waals surface area (Å²) in [5.74, 6) is 0.714. The van der Waals surface area contributed by atoms with E-state index >= 15 is 0 Å².